The van der Waals surface area contributed by atoms with Crippen LogP contribution in [0.15, 0.2) is 22.5 Å². The van der Waals surface area contributed by atoms with Crippen LogP contribution in [0.4, 0.5) is 22.0 Å². The molecular formula is C7H4BrF5O. The van der Waals surface area contributed by atoms with Crippen LogP contribution in [0.3, 0.4) is 0 Å². The van der Waals surface area contributed by atoms with Gasteiger partial charge in [-0.25, -0.2) is 13.5 Å². The molecule has 0 aliphatic heterocycles. The van der Waals surface area contributed by atoms with Gasteiger partial charge in [-0.2, -0.15) is 0 Å². The molecule has 0 spiro atoms. The predicted octanol–water partition coefficient (Wildman–Crippen LogP) is 3.72. The van der Waals surface area contributed by atoms with Crippen LogP contribution in [-0.2, 0) is 4.74 Å². The minimum absolute atomic E-state index is 0.131. The Balaban J connectivity index is 2.83. The van der Waals surface area contributed by atoms with E-state index in [9.17, 15) is 22.0 Å². The zero-order valence-corrected chi connectivity index (χ0v) is 8.12. The molecule has 1 aliphatic carbocycles. The lowest BCUT2D eigenvalue weighted by Gasteiger charge is -2.25. The third-order valence-corrected chi connectivity index (χ3v) is 1.80. The molecule has 7 heteroatoms. The molecule has 1 atom stereocenters. The standard InChI is InChI=1S/C7H4BrF5O/c8-4-1-5(9)3-6(10,2-4)14-7(11,12)13/h1-2H,3H2. The maximum Gasteiger partial charge on any atom is 0.525 e. The molecule has 0 aromatic rings. The molecule has 0 bridgehead atoms. The number of allylic oxidation sites excluding steroid dienone is 2. The molecule has 1 unspecified atom stereocenters. The van der Waals surface area contributed by atoms with E-state index in [2.05, 4.69) is 20.7 Å². The first-order valence-electron chi connectivity index (χ1n) is 3.40. The number of hydrogen-bond donors (Lipinski definition) is 0. The summed E-state index contributed by atoms with van der Waals surface area (Å²) in [6.45, 7) is 0. The molecule has 0 amide bonds. The van der Waals surface area contributed by atoms with E-state index in [1.54, 1.807) is 0 Å². The lowest BCUT2D eigenvalue weighted by atomic mass is 10.1. The highest BCUT2D eigenvalue weighted by Gasteiger charge is 2.44. The maximum absolute atomic E-state index is 13.2. The van der Waals surface area contributed by atoms with Crippen molar-refractivity contribution < 1.29 is 26.7 Å². The second-order valence-electron chi connectivity index (χ2n) is 2.63. The van der Waals surface area contributed by atoms with E-state index >= 15 is 0 Å². The highest BCUT2D eigenvalue weighted by molar-refractivity contribution is 9.11. The van der Waals surface area contributed by atoms with Crippen LogP contribution >= 0.6 is 15.9 Å². The summed E-state index contributed by atoms with van der Waals surface area (Å²) in [5.41, 5.74) is 0. The van der Waals surface area contributed by atoms with Gasteiger partial charge in [0, 0.05) is 4.48 Å². The van der Waals surface area contributed by atoms with Crippen molar-refractivity contribution in [3.63, 3.8) is 0 Å². The highest BCUT2D eigenvalue weighted by atomic mass is 79.9. The van der Waals surface area contributed by atoms with Gasteiger partial charge in [0.25, 0.3) is 0 Å². The van der Waals surface area contributed by atoms with E-state index in [4.69, 9.17) is 0 Å². The second kappa shape index (κ2) is 3.62. The normalized spacial score (nSPS) is 28.4. The van der Waals surface area contributed by atoms with Crippen molar-refractivity contribution in [1.29, 1.82) is 0 Å². The number of alkyl halides is 4. The molecular weight excluding hydrogens is 275 g/mol. The lowest BCUT2D eigenvalue weighted by molar-refractivity contribution is -0.381. The van der Waals surface area contributed by atoms with Gasteiger partial charge in [0.05, 0.1) is 6.42 Å². The van der Waals surface area contributed by atoms with E-state index in [0.717, 1.165) is 6.08 Å². The Labute approximate surface area is 84.4 Å². The van der Waals surface area contributed by atoms with Gasteiger partial charge < -0.3 is 0 Å². The Bertz CT molecular complexity index is 295. The first-order chi connectivity index (χ1) is 6.20. The summed E-state index contributed by atoms with van der Waals surface area (Å²) in [6.07, 6.45) is -4.83. The zero-order chi connectivity index (χ0) is 11.0. The lowest BCUT2D eigenvalue weighted by Crippen LogP contribution is -2.33. The summed E-state index contributed by atoms with van der Waals surface area (Å²) >= 11 is 2.67. The van der Waals surface area contributed by atoms with Crippen LogP contribution in [0.5, 0.6) is 0 Å². The zero-order valence-electron chi connectivity index (χ0n) is 6.54. The summed E-state index contributed by atoms with van der Waals surface area (Å²) in [4.78, 5) is 0. The summed E-state index contributed by atoms with van der Waals surface area (Å²) < 4.78 is 63.9. The average molecular weight is 279 g/mol. The number of hydrogen-bond acceptors (Lipinski definition) is 1. The third-order valence-electron chi connectivity index (χ3n) is 1.34. The Hall–Kier alpha value is -0.430. The van der Waals surface area contributed by atoms with E-state index < -0.39 is 24.5 Å². The molecule has 1 aliphatic rings. The molecule has 0 saturated carbocycles. The predicted molar refractivity (Wildman–Crippen MR) is 41.8 cm³/mol. The largest absolute Gasteiger partial charge is 0.525 e. The minimum Gasteiger partial charge on any atom is -0.250 e. The minimum atomic E-state index is -5.14. The summed E-state index contributed by atoms with van der Waals surface area (Å²) in [5.74, 6) is -4.19. The quantitative estimate of drug-likeness (QED) is 0.664. The van der Waals surface area contributed by atoms with Crippen molar-refractivity contribution in [3.8, 4) is 0 Å². The number of halogens is 6. The van der Waals surface area contributed by atoms with Crippen molar-refractivity contribution in [3.05, 3.63) is 22.5 Å². The van der Waals surface area contributed by atoms with Crippen LogP contribution in [0, 0.1) is 0 Å². The molecule has 80 valence electrons. The van der Waals surface area contributed by atoms with Gasteiger partial charge in [-0.05, 0) is 12.2 Å². The highest BCUT2D eigenvalue weighted by Crippen LogP contribution is 2.38. The van der Waals surface area contributed by atoms with E-state index in [-0.39, 0.29) is 4.48 Å². The fourth-order valence-electron chi connectivity index (χ4n) is 0.987. The first-order valence-corrected chi connectivity index (χ1v) is 4.20. The average Bonchev–Trinajstić information content (AvgIpc) is 1.74. The molecule has 1 nitrogen and oxygen atoms in total. The van der Waals surface area contributed by atoms with E-state index in [1.165, 1.54) is 0 Å². The van der Waals surface area contributed by atoms with Crippen LogP contribution in [0.25, 0.3) is 0 Å². The van der Waals surface area contributed by atoms with Gasteiger partial charge in [0.2, 0.25) is 5.85 Å². The van der Waals surface area contributed by atoms with Crippen LogP contribution in [-0.4, -0.2) is 12.2 Å². The van der Waals surface area contributed by atoms with Crippen LogP contribution in [0.1, 0.15) is 6.42 Å². The maximum atomic E-state index is 13.2. The van der Waals surface area contributed by atoms with Gasteiger partial charge in [-0.15, -0.1) is 13.2 Å². The second-order valence-corrected chi connectivity index (χ2v) is 3.55. The topological polar surface area (TPSA) is 9.23 Å². The van der Waals surface area contributed by atoms with Crippen molar-refractivity contribution in [2.75, 3.05) is 0 Å². The van der Waals surface area contributed by atoms with Crippen LogP contribution < -0.4 is 0 Å². The fraction of sp³-hybridized carbons (Fsp3) is 0.429. The molecule has 0 N–H and O–H groups in total. The smallest absolute Gasteiger partial charge is 0.250 e. The van der Waals surface area contributed by atoms with Crippen molar-refractivity contribution >= 4 is 15.9 Å². The summed E-state index contributed by atoms with van der Waals surface area (Å²) in [5, 5.41) is 0. The van der Waals surface area contributed by atoms with Gasteiger partial charge in [-0.3, -0.25) is 0 Å². The van der Waals surface area contributed by atoms with Gasteiger partial charge >= 0.3 is 6.36 Å². The van der Waals surface area contributed by atoms with E-state index in [1.807, 2.05) is 0 Å². The number of rotatable bonds is 1. The molecule has 14 heavy (non-hydrogen) atoms. The van der Waals surface area contributed by atoms with E-state index in [0.29, 0.717) is 6.08 Å². The Kier molecular flexibility index (Phi) is 3.01. The van der Waals surface area contributed by atoms with Crippen LogP contribution in [0.2, 0.25) is 0 Å². The molecule has 1 rings (SSSR count). The molecule has 0 radical (unpaired) electrons. The monoisotopic (exact) mass is 278 g/mol. The molecule has 0 saturated heterocycles. The van der Waals surface area contributed by atoms with Crippen molar-refractivity contribution in [2.45, 2.75) is 18.6 Å². The third kappa shape index (κ3) is 3.38. The first kappa shape index (κ1) is 11.6. The fourth-order valence-corrected chi connectivity index (χ4v) is 1.58. The molecule has 0 fully saturated rings. The van der Waals surface area contributed by atoms with Gasteiger partial charge in [0.1, 0.15) is 5.83 Å². The van der Waals surface area contributed by atoms with Crippen molar-refractivity contribution in [2.24, 2.45) is 0 Å². The number of ether oxygens (including phenoxy) is 1. The van der Waals surface area contributed by atoms with Crippen molar-refractivity contribution in [1.82, 2.24) is 0 Å². The van der Waals surface area contributed by atoms with Gasteiger partial charge in [-0.1, -0.05) is 15.9 Å². The summed E-state index contributed by atoms with van der Waals surface area (Å²) in [7, 11) is 0. The Morgan fingerprint density at radius 2 is 2.00 bits per heavy atom. The molecule has 0 aromatic heterocycles. The Morgan fingerprint density at radius 1 is 1.43 bits per heavy atom. The molecule has 0 aromatic carbocycles. The SMILES string of the molecule is FC1=CC(Br)=CC(F)(OC(F)(F)F)C1. The van der Waals surface area contributed by atoms with Gasteiger partial charge in [0.15, 0.2) is 0 Å². The Morgan fingerprint density at radius 3 is 2.43 bits per heavy atom. The molecule has 0 heterocycles. The summed E-state index contributed by atoms with van der Waals surface area (Å²) in [6, 6.07) is 0.